The van der Waals surface area contributed by atoms with E-state index < -0.39 is 0 Å². The summed E-state index contributed by atoms with van der Waals surface area (Å²) in [6, 6.07) is 5.41. The van der Waals surface area contributed by atoms with Crippen LogP contribution in [0.3, 0.4) is 0 Å². The number of H-pyrrole nitrogens is 1. The van der Waals surface area contributed by atoms with Crippen molar-refractivity contribution in [2.24, 2.45) is 5.18 Å². The predicted octanol–water partition coefficient (Wildman–Crippen LogP) is 3.03. The number of nitrogens with zero attached hydrogens (tertiary/aromatic N) is 4. The maximum Gasteiger partial charge on any atom is 0.213 e. The van der Waals surface area contributed by atoms with Gasteiger partial charge in [0.2, 0.25) is 5.88 Å². The number of rotatable bonds is 7. The van der Waals surface area contributed by atoms with Crippen LogP contribution < -0.4 is 9.47 Å². The first kappa shape index (κ1) is 16.6. The molecule has 8 nitrogen and oxygen atoms in total. The second-order valence-corrected chi connectivity index (χ2v) is 5.35. The normalized spacial score (nSPS) is 10.5. The molecule has 3 heterocycles. The van der Waals surface area contributed by atoms with Gasteiger partial charge in [-0.2, -0.15) is 10.0 Å². The minimum absolute atomic E-state index is 0.0201. The highest BCUT2D eigenvalue weighted by Gasteiger charge is 2.13. The van der Waals surface area contributed by atoms with Crippen LogP contribution in [-0.4, -0.2) is 27.3 Å². The number of ether oxygens (including phenoxy) is 2. The Hall–Kier alpha value is -3.29. The maximum atomic E-state index is 10.7. The van der Waals surface area contributed by atoms with E-state index in [1.165, 1.54) is 13.3 Å². The number of nitroso groups, excluding NO2 is 1. The number of methoxy groups -OCH3 is 1. The summed E-state index contributed by atoms with van der Waals surface area (Å²) in [4.78, 5) is 19.2. The van der Waals surface area contributed by atoms with Crippen molar-refractivity contribution in [1.29, 1.82) is 0 Å². The van der Waals surface area contributed by atoms with Crippen molar-refractivity contribution in [2.45, 2.75) is 20.1 Å². The number of hydrogen-bond donors (Lipinski definition) is 1. The van der Waals surface area contributed by atoms with Gasteiger partial charge in [0.05, 0.1) is 30.9 Å². The Morgan fingerprint density at radius 3 is 2.84 bits per heavy atom. The van der Waals surface area contributed by atoms with Gasteiger partial charge in [-0.15, -0.1) is 0 Å². The predicted molar refractivity (Wildman–Crippen MR) is 91.2 cm³/mol. The molecule has 3 rings (SSSR count). The summed E-state index contributed by atoms with van der Waals surface area (Å²) in [5, 5.41) is 9.92. The Bertz CT molecular complexity index is 878. The lowest BCUT2D eigenvalue weighted by Gasteiger charge is -2.12. The van der Waals surface area contributed by atoms with Crippen LogP contribution in [0.5, 0.6) is 11.6 Å². The summed E-state index contributed by atoms with van der Waals surface area (Å²) in [5.74, 6) is 0.887. The molecule has 0 unspecified atom stereocenters. The largest absolute Gasteiger partial charge is 0.487 e. The highest BCUT2D eigenvalue weighted by Crippen LogP contribution is 2.26. The van der Waals surface area contributed by atoms with Crippen LogP contribution in [-0.2, 0) is 13.2 Å². The highest BCUT2D eigenvalue weighted by molar-refractivity contribution is 5.61. The third-order valence-corrected chi connectivity index (χ3v) is 3.71. The number of aromatic amines is 1. The van der Waals surface area contributed by atoms with Gasteiger partial charge < -0.3 is 9.47 Å². The lowest BCUT2D eigenvalue weighted by atomic mass is 10.1. The summed E-state index contributed by atoms with van der Waals surface area (Å²) in [5.41, 5.74) is 4.12. The summed E-state index contributed by atoms with van der Waals surface area (Å²) in [6.07, 6.45) is 4.99. The fourth-order valence-electron chi connectivity index (χ4n) is 2.42. The van der Waals surface area contributed by atoms with Crippen molar-refractivity contribution < 1.29 is 9.47 Å². The van der Waals surface area contributed by atoms with Crippen LogP contribution in [0, 0.1) is 11.8 Å². The molecule has 0 saturated heterocycles. The second-order valence-electron chi connectivity index (χ2n) is 5.35. The molecule has 0 atom stereocenters. The molecular formula is C17H17N5O3. The smallest absolute Gasteiger partial charge is 0.213 e. The monoisotopic (exact) mass is 339 g/mol. The minimum atomic E-state index is -0.0201. The molecule has 128 valence electrons. The highest BCUT2D eigenvalue weighted by atomic mass is 16.5. The quantitative estimate of drug-likeness (QED) is 0.664. The first-order valence-corrected chi connectivity index (χ1v) is 7.62. The number of aromatic nitrogens is 4. The van der Waals surface area contributed by atoms with Crippen molar-refractivity contribution in [2.75, 3.05) is 7.11 Å². The van der Waals surface area contributed by atoms with Gasteiger partial charge in [-0.3, -0.25) is 10.1 Å². The fraction of sp³-hybridized carbons (Fsp3) is 0.235. The Kier molecular flexibility index (Phi) is 4.98. The van der Waals surface area contributed by atoms with Gasteiger partial charge in [0.15, 0.2) is 0 Å². The zero-order valence-corrected chi connectivity index (χ0v) is 13.9. The van der Waals surface area contributed by atoms with Gasteiger partial charge in [-0.1, -0.05) is 11.2 Å². The first-order valence-electron chi connectivity index (χ1n) is 7.62. The molecule has 1 N–H and O–H groups in total. The second kappa shape index (κ2) is 7.52. The van der Waals surface area contributed by atoms with Gasteiger partial charge in [0, 0.05) is 23.4 Å². The van der Waals surface area contributed by atoms with Crippen LogP contribution in [0.1, 0.15) is 16.7 Å². The van der Waals surface area contributed by atoms with Crippen LogP contribution in [0.25, 0.3) is 11.4 Å². The third-order valence-electron chi connectivity index (χ3n) is 3.71. The van der Waals surface area contributed by atoms with Crippen molar-refractivity contribution in [1.82, 2.24) is 20.2 Å². The molecule has 0 amide bonds. The van der Waals surface area contributed by atoms with E-state index in [4.69, 9.17) is 9.47 Å². The average Bonchev–Trinajstić information content (AvgIpc) is 3.07. The van der Waals surface area contributed by atoms with E-state index in [0.29, 0.717) is 17.2 Å². The van der Waals surface area contributed by atoms with Crippen molar-refractivity contribution >= 4 is 0 Å². The molecule has 25 heavy (non-hydrogen) atoms. The minimum Gasteiger partial charge on any atom is -0.487 e. The van der Waals surface area contributed by atoms with Crippen molar-refractivity contribution in [3.05, 3.63) is 58.4 Å². The Morgan fingerprint density at radius 2 is 2.12 bits per heavy atom. The van der Waals surface area contributed by atoms with E-state index in [0.717, 1.165) is 22.5 Å². The van der Waals surface area contributed by atoms with Gasteiger partial charge in [0.1, 0.15) is 18.9 Å². The summed E-state index contributed by atoms with van der Waals surface area (Å²) in [7, 11) is 1.51. The van der Waals surface area contributed by atoms with E-state index >= 15 is 0 Å². The molecule has 8 heteroatoms. The molecule has 0 radical (unpaired) electrons. The summed E-state index contributed by atoms with van der Waals surface area (Å²) >= 11 is 0. The first-order chi connectivity index (χ1) is 12.2. The molecule has 0 aromatic carbocycles. The maximum absolute atomic E-state index is 10.7. The summed E-state index contributed by atoms with van der Waals surface area (Å²) < 4.78 is 10.9. The number of hydrogen-bond acceptors (Lipinski definition) is 7. The zero-order chi connectivity index (χ0) is 17.6. The fourth-order valence-corrected chi connectivity index (χ4v) is 2.42. The third kappa shape index (κ3) is 3.63. The Labute approximate surface area is 144 Å². The topological polar surface area (TPSA) is 102 Å². The molecule has 0 fully saturated rings. The van der Waals surface area contributed by atoms with Crippen molar-refractivity contribution in [3.63, 3.8) is 0 Å². The van der Waals surface area contributed by atoms with Crippen LogP contribution >= 0.6 is 0 Å². The average molecular weight is 339 g/mol. The molecule has 3 aromatic rings. The lowest BCUT2D eigenvalue weighted by molar-refractivity contribution is 0.300. The number of pyridine rings is 2. The standard InChI is InChI=1S/C17H17N5O3/c1-11-7-20-22-16(11)17-12(4-3-5-18-17)10-25-14-9-19-15(24-2)6-13(14)8-21-23/h3-7,9H,8,10H2,1-2H3,(H,20,22). The molecule has 0 saturated carbocycles. The molecule has 0 spiro atoms. The van der Waals surface area contributed by atoms with Crippen LogP contribution in [0.4, 0.5) is 0 Å². The molecule has 0 bridgehead atoms. The van der Waals surface area contributed by atoms with Gasteiger partial charge in [-0.05, 0) is 18.6 Å². The number of nitrogens with one attached hydrogen (secondary N) is 1. The van der Waals surface area contributed by atoms with Crippen LogP contribution in [0.15, 0.2) is 42.0 Å². The lowest BCUT2D eigenvalue weighted by Crippen LogP contribution is -2.03. The molecular weight excluding hydrogens is 322 g/mol. The van der Waals surface area contributed by atoms with Gasteiger partial charge >= 0.3 is 0 Å². The molecule has 3 aromatic heterocycles. The van der Waals surface area contributed by atoms with E-state index in [-0.39, 0.29) is 13.2 Å². The zero-order valence-electron chi connectivity index (χ0n) is 13.9. The SMILES string of the molecule is COc1cc(CN=O)c(OCc2cccnc2-c2[nH]ncc2C)cn1. The van der Waals surface area contributed by atoms with Gasteiger partial charge in [0.25, 0.3) is 0 Å². The van der Waals surface area contributed by atoms with E-state index in [1.807, 2.05) is 19.1 Å². The molecule has 0 aliphatic rings. The number of aryl methyl sites for hydroxylation is 1. The molecule has 0 aliphatic heterocycles. The summed E-state index contributed by atoms with van der Waals surface area (Å²) in [6.45, 7) is 2.20. The van der Waals surface area contributed by atoms with E-state index in [9.17, 15) is 4.91 Å². The van der Waals surface area contributed by atoms with E-state index in [1.54, 1.807) is 18.5 Å². The molecule has 0 aliphatic carbocycles. The van der Waals surface area contributed by atoms with Crippen molar-refractivity contribution in [3.8, 4) is 23.0 Å². The Morgan fingerprint density at radius 1 is 1.24 bits per heavy atom. The Balaban J connectivity index is 1.85. The van der Waals surface area contributed by atoms with Crippen LogP contribution in [0.2, 0.25) is 0 Å². The van der Waals surface area contributed by atoms with Gasteiger partial charge in [-0.25, -0.2) is 4.98 Å². The van der Waals surface area contributed by atoms with E-state index in [2.05, 4.69) is 25.3 Å².